The number of rotatable bonds is 7. The summed E-state index contributed by atoms with van der Waals surface area (Å²) in [4.78, 5) is 7.04. The lowest BCUT2D eigenvalue weighted by atomic mass is 9.64. The van der Waals surface area contributed by atoms with E-state index in [-0.39, 0.29) is 5.41 Å². The number of nitrogens with one attached hydrogen (secondary N) is 1. The third kappa shape index (κ3) is 4.87. The summed E-state index contributed by atoms with van der Waals surface area (Å²) < 4.78 is 5.36. The van der Waals surface area contributed by atoms with Crippen molar-refractivity contribution in [2.75, 3.05) is 45.9 Å². The van der Waals surface area contributed by atoms with Gasteiger partial charge >= 0.3 is 0 Å². The third-order valence-electron chi connectivity index (χ3n) is 5.37. The fraction of sp³-hybridized carbons (Fsp3) is 0.632. The van der Waals surface area contributed by atoms with Crippen molar-refractivity contribution in [2.45, 2.75) is 31.1 Å². The van der Waals surface area contributed by atoms with Crippen molar-refractivity contribution in [3.05, 3.63) is 34.9 Å². The van der Waals surface area contributed by atoms with Crippen molar-refractivity contribution in [1.29, 1.82) is 0 Å². The van der Waals surface area contributed by atoms with Gasteiger partial charge in [-0.05, 0) is 37.4 Å². The molecule has 0 aromatic heterocycles. The van der Waals surface area contributed by atoms with Gasteiger partial charge in [-0.15, -0.1) is 0 Å². The minimum absolute atomic E-state index is 0.0679. The van der Waals surface area contributed by atoms with Crippen molar-refractivity contribution in [3.63, 3.8) is 0 Å². The zero-order valence-electron chi connectivity index (χ0n) is 14.8. The van der Waals surface area contributed by atoms with Crippen molar-refractivity contribution < 1.29 is 4.74 Å². The van der Waals surface area contributed by atoms with E-state index in [2.05, 4.69) is 27.3 Å². The molecule has 0 unspecified atom stereocenters. The number of morpholine rings is 1. The zero-order valence-corrected chi connectivity index (χ0v) is 15.6. The Bertz CT molecular complexity index is 583. The van der Waals surface area contributed by atoms with Gasteiger partial charge in [0.05, 0.1) is 19.8 Å². The van der Waals surface area contributed by atoms with Gasteiger partial charge in [-0.25, -0.2) is 0 Å². The van der Waals surface area contributed by atoms with Crippen molar-refractivity contribution in [2.24, 2.45) is 10.7 Å². The van der Waals surface area contributed by atoms with E-state index in [1.807, 2.05) is 12.1 Å². The van der Waals surface area contributed by atoms with Crippen LogP contribution >= 0.6 is 11.6 Å². The molecule has 138 valence electrons. The normalized spacial score (nSPS) is 20.9. The quantitative estimate of drug-likeness (QED) is 0.443. The molecule has 2 aliphatic rings. The molecule has 1 aliphatic carbocycles. The number of nitrogens with zero attached hydrogens (tertiary/aromatic N) is 2. The van der Waals surface area contributed by atoms with Gasteiger partial charge in [0, 0.05) is 30.1 Å². The lowest BCUT2D eigenvalue weighted by molar-refractivity contribution is 0.0376. The molecule has 0 atom stereocenters. The van der Waals surface area contributed by atoms with Crippen molar-refractivity contribution in [1.82, 2.24) is 10.2 Å². The van der Waals surface area contributed by atoms with E-state index in [4.69, 9.17) is 22.1 Å². The molecule has 6 heteroatoms. The molecule has 1 saturated carbocycles. The average molecular weight is 365 g/mol. The first-order chi connectivity index (χ1) is 12.2. The molecule has 0 bridgehead atoms. The summed E-state index contributed by atoms with van der Waals surface area (Å²) in [5.41, 5.74) is 7.35. The Morgan fingerprint density at radius 2 is 2.04 bits per heavy atom. The number of benzene rings is 1. The van der Waals surface area contributed by atoms with E-state index < -0.39 is 0 Å². The van der Waals surface area contributed by atoms with E-state index in [0.717, 1.165) is 63.7 Å². The van der Waals surface area contributed by atoms with Gasteiger partial charge in [0.25, 0.3) is 0 Å². The molecule has 2 fully saturated rings. The third-order valence-corrected chi connectivity index (χ3v) is 5.70. The van der Waals surface area contributed by atoms with Gasteiger partial charge < -0.3 is 15.8 Å². The van der Waals surface area contributed by atoms with Crippen LogP contribution in [-0.2, 0) is 10.2 Å². The first-order valence-corrected chi connectivity index (χ1v) is 9.66. The van der Waals surface area contributed by atoms with Crippen molar-refractivity contribution >= 4 is 17.6 Å². The Balaban J connectivity index is 1.45. The van der Waals surface area contributed by atoms with Crippen LogP contribution in [-0.4, -0.2) is 56.8 Å². The van der Waals surface area contributed by atoms with Crippen LogP contribution in [0.15, 0.2) is 29.3 Å². The highest BCUT2D eigenvalue weighted by Gasteiger charge is 2.39. The Hall–Kier alpha value is -1.30. The second-order valence-corrected chi connectivity index (χ2v) is 7.46. The molecule has 0 amide bonds. The molecule has 3 rings (SSSR count). The van der Waals surface area contributed by atoms with Crippen LogP contribution in [0.3, 0.4) is 0 Å². The summed E-state index contributed by atoms with van der Waals surface area (Å²) in [5.74, 6) is 0.542. The molecule has 0 spiro atoms. The van der Waals surface area contributed by atoms with Crippen molar-refractivity contribution in [3.8, 4) is 0 Å². The van der Waals surface area contributed by atoms with Gasteiger partial charge in [-0.2, -0.15) is 0 Å². The molecule has 1 heterocycles. The summed E-state index contributed by atoms with van der Waals surface area (Å²) in [6.45, 7) is 6.40. The van der Waals surface area contributed by atoms with Crippen LogP contribution in [0.2, 0.25) is 5.02 Å². The minimum Gasteiger partial charge on any atom is -0.379 e. The van der Waals surface area contributed by atoms with Crippen LogP contribution < -0.4 is 11.1 Å². The minimum atomic E-state index is 0.0679. The monoisotopic (exact) mass is 364 g/mol. The molecule has 1 aromatic carbocycles. The van der Waals surface area contributed by atoms with Crippen LogP contribution in [0.1, 0.15) is 31.2 Å². The largest absolute Gasteiger partial charge is 0.379 e. The summed E-state index contributed by atoms with van der Waals surface area (Å²) >= 11 is 6.40. The predicted octanol–water partition coefficient (Wildman–Crippen LogP) is 2.39. The SMILES string of the molecule is NC(=NCC1(c2ccccc2Cl)CCC1)NCCCN1CCOCC1. The molecular weight excluding hydrogens is 336 g/mol. The first-order valence-electron chi connectivity index (χ1n) is 9.29. The molecule has 3 N–H and O–H groups in total. The Labute approximate surface area is 155 Å². The lowest BCUT2D eigenvalue weighted by Gasteiger charge is -2.41. The fourth-order valence-corrected chi connectivity index (χ4v) is 3.98. The maximum absolute atomic E-state index is 6.40. The summed E-state index contributed by atoms with van der Waals surface area (Å²) in [6.07, 6.45) is 4.55. The number of nitrogens with two attached hydrogens (primary N) is 1. The van der Waals surface area contributed by atoms with Gasteiger partial charge in [0.15, 0.2) is 5.96 Å². The summed E-state index contributed by atoms with van der Waals surface area (Å²) in [6, 6.07) is 8.13. The highest BCUT2D eigenvalue weighted by Crippen LogP contribution is 2.46. The van der Waals surface area contributed by atoms with Gasteiger partial charge in [0.1, 0.15) is 0 Å². The van der Waals surface area contributed by atoms with E-state index in [0.29, 0.717) is 12.5 Å². The maximum atomic E-state index is 6.40. The van der Waals surface area contributed by atoms with E-state index in [9.17, 15) is 0 Å². The molecule has 1 aromatic rings. The Morgan fingerprint density at radius 3 is 2.72 bits per heavy atom. The van der Waals surface area contributed by atoms with E-state index in [1.54, 1.807) is 0 Å². The predicted molar refractivity (Wildman–Crippen MR) is 103 cm³/mol. The summed E-state index contributed by atoms with van der Waals surface area (Å²) in [5, 5.41) is 4.09. The van der Waals surface area contributed by atoms with Crippen LogP contribution in [0.25, 0.3) is 0 Å². The number of hydrogen-bond acceptors (Lipinski definition) is 3. The molecule has 25 heavy (non-hydrogen) atoms. The fourth-order valence-electron chi connectivity index (χ4n) is 3.64. The van der Waals surface area contributed by atoms with E-state index >= 15 is 0 Å². The Kier molecular flexibility index (Phi) is 6.57. The maximum Gasteiger partial charge on any atom is 0.188 e. The Morgan fingerprint density at radius 1 is 1.28 bits per heavy atom. The smallest absolute Gasteiger partial charge is 0.188 e. The van der Waals surface area contributed by atoms with E-state index in [1.165, 1.54) is 12.0 Å². The second-order valence-electron chi connectivity index (χ2n) is 7.05. The number of aliphatic imine (C=N–C) groups is 1. The highest BCUT2D eigenvalue weighted by atomic mass is 35.5. The second kappa shape index (κ2) is 8.88. The average Bonchev–Trinajstić information content (AvgIpc) is 2.60. The molecule has 1 saturated heterocycles. The molecule has 5 nitrogen and oxygen atoms in total. The number of halogens is 1. The standard InChI is InChI=1S/C19H29ClN4O/c20-17-6-2-1-5-16(17)19(7-3-8-19)15-23-18(21)22-9-4-10-24-11-13-25-14-12-24/h1-2,5-6H,3-4,7-15H2,(H3,21,22,23). The number of hydrogen-bond donors (Lipinski definition) is 2. The molecular formula is C19H29ClN4O. The van der Waals surface area contributed by atoms with Gasteiger partial charge in [-0.3, -0.25) is 9.89 Å². The summed E-state index contributed by atoms with van der Waals surface area (Å²) in [7, 11) is 0. The van der Waals surface area contributed by atoms with Gasteiger partial charge in [0.2, 0.25) is 0 Å². The van der Waals surface area contributed by atoms with Crippen LogP contribution in [0, 0.1) is 0 Å². The number of guanidine groups is 1. The lowest BCUT2D eigenvalue weighted by Crippen LogP contribution is -2.41. The first kappa shape index (κ1) is 18.5. The van der Waals surface area contributed by atoms with Gasteiger partial charge in [-0.1, -0.05) is 36.2 Å². The van der Waals surface area contributed by atoms with Crippen LogP contribution in [0.5, 0.6) is 0 Å². The zero-order chi connectivity index (χ0) is 17.5. The number of ether oxygens (including phenoxy) is 1. The highest BCUT2D eigenvalue weighted by molar-refractivity contribution is 6.31. The topological polar surface area (TPSA) is 62.9 Å². The molecule has 0 radical (unpaired) electrons. The molecule has 1 aliphatic heterocycles. The van der Waals surface area contributed by atoms with Crippen LogP contribution in [0.4, 0.5) is 0 Å².